The zero-order valence-corrected chi connectivity index (χ0v) is 9.97. The maximum atomic E-state index is 11.7. The van der Waals surface area contributed by atoms with Gasteiger partial charge in [-0.05, 0) is 19.2 Å². The Morgan fingerprint density at radius 1 is 1.38 bits per heavy atom. The van der Waals surface area contributed by atoms with Gasteiger partial charge in [0, 0.05) is 12.8 Å². The minimum Gasteiger partial charge on any atom is -0.426 e. The number of thioether (sulfide) groups is 1. The Morgan fingerprint density at radius 2 is 2.06 bits per heavy atom. The van der Waals surface area contributed by atoms with E-state index in [4.69, 9.17) is 4.74 Å². The van der Waals surface area contributed by atoms with Crippen molar-refractivity contribution in [2.24, 2.45) is 0 Å². The number of benzene rings is 1. The third-order valence-corrected chi connectivity index (χ3v) is 2.62. The molecular formula is C11H13NO3S. The lowest BCUT2D eigenvalue weighted by Crippen LogP contribution is -2.09. The number of carbonyl (C=O) groups excluding carboxylic acids is 2. The van der Waals surface area contributed by atoms with Crippen molar-refractivity contribution in [2.45, 2.75) is 6.92 Å². The van der Waals surface area contributed by atoms with Crippen LogP contribution in [-0.2, 0) is 4.79 Å². The second-order valence-corrected chi connectivity index (χ2v) is 3.97. The van der Waals surface area contributed by atoms with Crippen molar-refractivity contribution in [3.63, 3.8) is 0 Å². The highest BCUT2D eigenvalue weighted by Crippen LogP contribution is 2.22. The van der Waals surface area contributed by atoms with Gasteiger partial charge in [-0.1, -0.05) is 23.9 Å². The molecule has 0 spiro atoms. The van der Waals surface area contributed by atoms with Gasteiger partial charge in [0.1, 0.15) is 5.75 Å². The van der Waals surface area contributed by atoms with Crippen LogP contribution in [0.2, 0.25) is 0 Å². The number of nitrogens with one attached hydrogen (secondary N) is 1. The Bertz CT molecular complexity index is 393. The largest absolute Gasteiger partial charge is 0.426 e. The van der Waals surface area contributed by atoms with E-state index in [0.717, 1.165) is 11.8 Å². The van der Waals surface area contributed by atoms with Crippen LogP contribution in [0.3, 0.4) is 0 Å². The molecule has 0 heterocycles. The number of hydrogen-bond donors (Lipinski definition) is 1. The van der Waals surface area contributed by atoms with E-state index < -0.39 is 5.97 Å². The molecule has 1 N–H and O–H groups in total. The van der Waals surface area contributed by atoms with Gasteiger partial charge in [-0.2, -0.15) is 0 Å². The monoisotopic (exact) mass is 239 g/mol. The summed E-state index contributed by atoms with van der Waals surface area (Å²) in [5, 5.41) is 2.74. The molecule has 5 heteroatoms. The second-order valence-electron chi connectivity index (χ2n) is 3.02. The van der Waals surface area contributed by atoms with Gasteiger partial charge in [0.15, 0.2) is 0 Å². The van der Waals surface area contributed by atoms with Gasteiger partial charge in [-0.3, -0.25) is 9.59 Å². The molecule has 0 amide bonds. The molecule has 0 saturated heterocycles. The van der Waals surface area contributed by atoms with Gasteiger partial charge in [-0.15, -0.1) is 0 Å². The second kappa shape index (κ2) is 6.30. The third kappa shape index (κ3) is 3.67. The van der Waals surface area contributed by atoms with Crippen LogP contribution in [0.1, 0.15) is 17.3 Å². The van der Waals surface area contributed by atoms with E-state index in [-0.39, 0.29) is 5.12 Å². The Kier molecular flexibility index (Phi) is 5.01. The standard InChI is InChI=1S/C11H13NO3S/c1-8(13)15-10-6-4-3-5-9(10)11(14)16-7-12-2/h3-6,12H,7H2,1-2H3. The van der Waals surface area contributed by atoms with E-state index in [1.807, 2.05) is 0 Å². The van der Waals surface area contributed by atoms with Crippen LogP contribution in [0, 0.1) is 0 Å². The fourth-order valence-corrected chi connectivity index (χ4v) is 1.69. The number of carbonyl (C=O) groups is 2. The summed E-state index contributed by atoms with van der Waals surface area (Å²) in [6.07, 6.45) is 0. The highest BCUT2D eigenvalue weighted by Gasteiger charge is 2.13. The molecular weight excluding hydrogens is 226 g/mol. The van der Waals surface area contributed by atoms with Gasteiger partial charge in [0.2, 0.25) is 5.12 Å². The number of ether oxygens (including phenoxy) is 1. The molecule has 0 radical (unpaired) electrons. The normalized spacial score (nSPS) is 9.88. The topological polar surface area (TPSA) is 55.4 Å². The van der Waals surface area contributed by atoms with Gasteiger partial charge in [0.25, 0.3) is 0 Å². The van der Waals surface area contributed by atoms with E-state index >= 15 is 0 Å². The number of rotatable bonds is 4. The summed E-state index contributed by atoms with van der Waals surface area (Å²) < 4.78 is 4.95. The van der Waals surface area contributed by atoms with Crippen molar-refractivity contribution in [3.05, 3.63) is 29.8 Å². The van der Waals surface area contributed by atoms with Crippen LogP contribution in [0.5, 0.6) is 5.75 Å². The number of hydrogen-bond acceptors (Lipinski definition) is 5. The molecule has 0 unspecified atom stereocenters. The quantitative estimate of drug-likeness (QED) is 0.492. The molecule has 86 valence electrons. The molecule has 0 saturated carbocycles. The summed E-state index contributed by atoms with van der Waals surface area (Å²) in [5.74, 6) is 0.398. The molecule has 0 aromatic heterocycles. The van der Waals surface area contributed by atoms with Crippen LogP contribution in [0.25, 0.3) is 0 Å². The molecule has 1 aromatic rings. The van der Waals surface area contributed by atoms with Crippen molar-refractivity contribution >= 4 is 22.8 Å². The maximum absolute atomic E-state index is 11.7. The lowest BCUT2D eigenvalue weighted by atomic mass is 10.2. The van der Waals surface area contributed by atoms with Crippen LogP contribution in [0.4, 0.5) is 0 Å². The molecule has 16 heavy (non-hydrogen) atoms. The summed E-state index contributed by atoms with van der Waals surface area (Å²) in [7, 11) is 1.76. The summed E-state index contributed by atoms with van der Waals surface area (Å²) in [4.78, 5) is 22.6. The van der Waals surface area contributed by atoms with Gasteiger partial charge < -0.3 is 10.1 Å². The average molecular weight is 239 g/mol. The highest BCUT2D eigenvalue weighted by molar-refractivity contribution is 8.14. The Hall–Kier alpha value is -1.33. The molecule has 0 fully saturated rings. The van der Waals surface area contributed by atoms with E-state index in [1.54, 1.807) is 31.3 Å². The predicted molar refractivity (Wildman–Crippen MR) is 63.6 cm³/mol. The minimum absolute atomic E-state index is 0.119. The zero-order chi connectivity index (χ0) is 12.0. The van der Waals surface area contributed by atoms with Crippen LogP contribution in [0.15, 0.2) is 24.3 Å². The van der Waals surface area contributed by atoms with Crippen LogP contribution in [-0.4, -0.2) is 24.0 Å². The Balaban J connectivity index is 2.85. The Labute approximate surface area is 98.4 Å². The van der Waals surface area contributed by atoms with E-state index in [0.29, 0.717) is 17.2 Å². The van der Waals surface area contributed by atoms with Crippen molar-refractivity contribution < 1.29 is 14.3 Å². The molecule has 0 aliphatic rings. The van der Waals surface area contributed by atoms with Crippen molar-refractivity contribution in [3.8, 4) is 5.75 Å². The van der Waals surface area contributed by atoms with Crippen molar-refractivity contribution in [2.75, 3.05) is 12.9 Å². The van der Waals surface area contributed by atoms with E-state index in [1.165, 1.54) is 6.92 Å². The molecule has 0 aliphatic carbocycles. The SMILES string of the molecule is CNCSC(=O)c1ccccc1OC(C)=O. The molecule has 4 nitrogen and oxygen atoms in total. The fraction of sp³-hybridized carbons (Fsp3) is 0.273. The molecule has 1 aromatic carbocycles. The Morgan fingerprint density at radius 3 is 2.69 bits per heavy atom. The lowest BCUT2D eigenvalue weighted by Gasteiger charge is -2.06. The summed E-state index contributed by atoms with van der Waals surface area (Å²) in [6, 6.07) is 6.70. The van der Waals surface area contributed by atoms with Gasteiger partial charge >= 0.3 is 5.97 Å². The molecule has 0 bridgehead atoms. The van der Waals surface area contributed by atoms with E-state index in [9.17, 15) is 9.59 Å². The summed E-state index contributed by atoms with van der Waals surface area (Å²) in [6.45, 7) is 1.31. The first-order valence-electron chi connectivity index (χ1n) is 4.74. The van der Waals surface area contributed by atoms with Crippen molar-refractivity contribution in [1.29, 1.82) is 0 Å². The molecule has 0 atom stereocenters. The fourth-order valence-electron chi connectivity index (χ4n) is 1.09. The third-order valence-electron chi connectivity index (χ3n) is 1.71. The van der Waals surface area contributed by atoms with Gasteiger partial charge in [0.05, 0.1) is 5.56 Å². The highest BCUT2D eigenvalue weighted by atomic mass is 32.2. The van der Waals surface area contributed by atoms with Crippen molar-refractivity contribution in [1.82, 2.24) is 5.32 Å². The summed E-state index contributed by atoms with van der Waals surface area (Å²) >= 11 is 1.13. The smallest absolute Gasteiger partial charge is 0.308 e. The first-order chi connectivity index (χ1) is 7.65. The zero-order valence-electron chi connectivity index (χ0n) is 9.15. The lowest BCUT2D eigenvalue weighted by molar-refractivity contribution is -0.131. The van der Waals surface area contributed by atoms with E-state index in [2.05, 4.69) is 5.32 Å². The van der Waals surface area contributed by atoms with Crippen LogP contribution >= 0.6 is 11.8 Å². The minimum atomic E-state index is -0.432. The number of esters is 1. The summed E-state index contributed by atoms with van der Waals surface area (Å²) in [5.41, 5.74) is 0.415. The first kappa shape index (κ1) is 12.7. The molecule has 0 aliphatic heterocycles. The maximum Gasteiger partial charge on any atom is 0.308 e. The predicted octanol–water partition coefficient (Wildman–Crippen LogP) is 1.66. The van der Waals surface area contributed by atoms with Gasteiger partial charge in [-0.25, -0.2) is 0 Å². The average Bonchev–Trinajstić information content (AvgIpc) is 2.26. The first-order valence-corrected chi connectivity index (χ1v) is 5.73. The van der Waals surface area contributed by atoms with Crippen LogP contribution < -0.4 is 10.1 Å². The number of para-hydroxylation sites is 1. The molecule has 1 rings (SSSR count).